The zero-order valence-corrected chi connectivity index (χ0v) is 20.1. The number of anilines is 4. The summed E-state index contributed by atoms with van der Waals surface area (Å²) in [6.07, 6.45) is 12.2. The van der Waals surface area contributed by atoms with E-state index in [1.54, 1.807) is 0 Å². The molecule has 3 N–H and O–H groups in total. The van der Waals surface area contributed by atoms with E-state index in [-0.39, 0.29) is 11.8 Å². The number of carbonyl (C=O) groups excluding carboxylic acids is 1. The van der Waals surface area contributed by atoms with Crippen molar-refractivity contribution in [2.24, 2.45) is 5.92 Å². The summed E-state index contributed by atoms with van der Waals surface area (Å²) < 4.78 is 0. The maximum Gasteiger partial charge on any atom is 0.229 e. The second-order valence-electron chi connectivity index (χ2n) is 9.82. The van der Waals surface area contributed by atoms with Gasteiger partial charge < -0.3 is 25.8 Å². The number of hydrogen-bond donors (Lipinski definition) is 3. The lowest BCUT2D eigenvalue weighted by Crippen LogP contribution is -2.44. The Hall–Kier alpha value is -2.94. The van der Waals surface area contributed by atoms with E-state index in [0.29, 0.717) is 18.4 Å². The van der Waals surface area contributed by atoms with Crippen molar-refractivity contribution in [3.8, 4) is 0 Å². The third-order valence-corrected chi connectivity index (χ3v) is 7.10. The van der Waals surface area contributed by atoms with Gasteiger partial charge in [0.05, 0.1) is 23.8 Å². The van der Waals surface area contributed by atoms with Crippen LogP contribution in [0, 0.1) is 5.92 Å². The van der Waals surface area contributed by atoms with E-state index in [0.717, 1.165) is 69.2 Å². The molecule has 3 aliphatic rings. The molecule has 182 valence electrons. The number of pyridine rings is 1. The largest absolute Gasteiger partial charge is 0.370 e. The SMILES string of the molecule is CN1CCN(c2cncc(Nc3ncc(C4CC4)c(NCCCNC(=O)C4CCC4)n3)c2)CC1. The molecule has 2 aromatic rings. The van der Waals surface area contributed by atoms with Crippen molar-refractivity contribution in [1.82, 2.24) is 25.2 Å². The first-order valence-electron chi connectivity index (χ1n) is 12.7. The molecule has 2 aromatic heterocycles. The Morgan fingerprint density at radius 3 is 2.62 bits per heavy atom. The maximum absolute atomic E-state index is 12.0. The summed E-state index contributed by atoms with van der Waals surface area (Å²) >= 11 is 0. The van der Waals surface area contributed by atoms with Gasteiger partial charge in [-0.05, 0) is 51.1 Å². The fourth-order valence-electron chi connectivity index (χ4n) is 4.47. The monoisotopic (exact) mass is 464 g/mol. The molecule has 0 aromatic carbocycles. The van der Waals surface area contributed by atoms with Crippen LogP contribution in [0.25, 0.3) is 0 Å². The molecule has 0 radical (unpaired) electrons. The number of aromatic nitrogens is 3. The van der Waals surface area contributed by atoms with Gasteiger partial charge in [-0.2, -0.15) is 4.98 Å². The third kappa shape index (κ3) is 5.75. The van der Waals surface area contributed by atoms with Gasteiger partial charge in [0, 0.05) is 56.9 Å². The van der Waals surface area contributed by atoms with Crippen LogP contribution in [0.5, 0.6) is 0 Å². The Labute approximate surface area is 201 Å². The summed E-state index contributed by atoms with van der Waals surface area (Å²) in [6.45, 7) is 5.59. The van der Waals surface area contributed by atoms with Crippen molar-refractivity contribution in [2.75, 3.05) is 61.8 Å². The van der Waals surface area contributed by atoms with E-state index >= 15 is 0 Å². The first-order chi connectivity index (χ1) is 16.7. The predicted molar refractivity (Wildman–Crippen MR) is 135 cm³/mol. The number of amides is 1. The maximum atomic E-state index is 12.0. The van der Waals surface area contributed by atoms with E-state index in [4.69, 9.17) is 4.98 Å². The molecule has 9 heteroatoms. The van der Waals surface area contributed by atoms with Crippen molar-refractivity contribution in [3.63, 3.8) is 0 Å². The van der Waals surface area contributed by atoms with Crippen LogP contribution in [-0.2, 0) is 4.79 Å². The van der Waals surface area contributed by atoms with Gasteiger partial charge in [0.15, 0.2) is 0 Å². The molecular formula is C25H36N8O. The van der Waals surface area contributed by atoms with Gasteiger partial charge in [-0.1, -0.05) is 6.42 Å². The molecule has 3 fully saturated rings. The van der Waals surface area contributed by atoms with Crippen LogP contribution in [0.3, 0.4) is 0 Å². The Kier molecular flexibility index (Phi) is 7.08. The van der Waals surface area contributed by atoms with Gasteiger partial charge >= 0.3 is 0 Å². The highest BCUT2D eigenvalue weighted by Crippen LogP contribution is 2.42. The lowest BCUT2D eigenvalue weighted by Gasteiger charge is -2.33. The van der Waals surface area contributed by atoms with E-state index in [1.807, 2.05) is 18.6 Å². The number of nitrogens with one attached hydrogen (secondary N) is 3. The topological polar surface area (TPSA) is 98.3 Å². The van der Waals surface area contributed by atoms with Crippen molar-refractivity contribution in [1.29, 1.82) is 0 Å². The number of rotatable bonds is 10. The van der Waals surface area contributed by atoms with Crippen LogP contribution >= 0.6 is 0 Å². The van der Waals surface area contributed by atoms with Crippen LogP contribution in [-0.4, -0.2) is 72.1 Å². The molecule has 34 heavy (non-hydrogen) atoms. The predicted octanol–water partition coefficient (Wildman–Crippen LogP) is 2.96. The first kappa shape index (κ1) is 22.8. The number of carbonyl (C=O) groups is 1. The third-order valence-electron chi connectivity index (χ3n) is 7.10. The van der Waals surface area contributed by atoms with Gasteiger partial charge in [0.25, 0.3) is 0 Å². The summed E-state index contributed by atoms with van der Waals surface area (Å²) in [5.74, 6) is 2.48. The normalized spacial score (nSPS) is 18.9. The summed E-state index contributed by atoms with van der Waals surface area (Å²) in [4.78, 5) is 30.5. The molecule has 0 spiro atoms. The summed E-state index contributed by atoms with van der Waals surface area (Å²) in [7, 11) is 2.16. The van der Waals surface area contributed by atoms with E-state index in [9.17, 15) is 4.79 Å². The average Bonchev–Trinajstić information content (AvgIpc) is 3.64. The molecule has 0 unspecified atom stereocenters. The van der Waals surface area contributed by atoms with E-state index < -0.39 is 0 Å². The summed E-state index contributed by atoms with van der Waals surface area (Å²) in [5.41, 5.74) is 3.20. The van der Waals surface area contributed by atoms with Crippen molar-refractivity contribution in [2.45, 2.75) is 44.4 Å². The molecule has 9 nitrogen and oxygen atoms in total. The lowest BCUT2D eigenvalue weighted by atomic mass is 9.85. The number of likely N-dealkylation sites (N-methyl/N-ethyl adjacent to an activating group) is 1. The molecule has 1 saturated heterocycles. The minimum Gasteiger partial charge on any atom is -0.370 e. The molecule has 2 saturated carbocycles. The van der Waals surface area contributed by atoms with Crippen molar-refractivity contribution >= 4 is 29.0 Å². The van der Waals surface area contributed by atoms with Gasteiger partial charge in [-0.25, -0.2) is 4.98 Å². The van der Waals surface area contributed by atoms with Gasteiger partial charge in [-0.15, -0.1) is 0 Å². The van der Waals surface area contributed by atoms with E-state index in [2.05, 4.69) is 48.8 Å². The highest BCUT2D eigenvalue weighted by atomic mass is 16.1. The number of nitrogens with zero attached hydrogens (tertiary/aromatic N) is 5. The van der Waals surface area contributed by atoms with Crippen molar-refractivity contribution < 1.29 is 4.79 Å². The van der Waals surface area contributed by atoms with Crippen LogP contribution in [0.4, 0.5) is 23.1 Å². The zero-order valence-electron chi connectivity index (χ0n) is 20.1. The number of piperazine rings is 1. The minimum atomic E-state index is 0.214. The van der Waals surface area contributed by atoms with Gasteiger partial charge in [-0.3, -0.25) is 9.78 Å². The fraction of sp³-hybridized carbons (Fsp3) is 0.600. The Morgan fingerprint density at radius 1 is 1.06 bits per heavy atom. The highest BCUT2D eigenvalue weighted by molar-refractivity contribution is 5.79. The smallest absolute Gasteiger partial charge is 0.229 e. The summed E-state index contributed by atoms with van der Waals surface area (Å²) in [5, 5.41) is 9.89. The number of hydrogen-bond acceptors (Lipinski definition) is 8. The Bertz CT molecular complexity index is 983. The molecule has 1 aliphatic heterocycles. The standard InChI is InChI=1S/C25H36N8O/c1-32-10-12-33(13-11-32)21-14-20(15-26-16-21)30-25-29-17-22(18-6-7-18)23(31-25)27-8-3-9-28-24(34)19-4-2-5-19/h14-19H,2-13H2,1H3,(H,28,34)(H2,27,29,30,31). The fourth-order valence-corrected chi connectivity index (χ4v) is 4.47. The van der Waals surface area contributed by atoms with Crippen LogP contribution in [0.1, 0.15) is 50.0 Å². The van der Waals surface area contributed by atoms with Gasteiger partial charge in [0.1, 0.15) is 5.82 Å². The average molecular weight is 465 g/mol. The van der Waals surface area contributed by atoms with Crippen LogP contribution in [0.15, 0.2) is 24.7 Å². The molecule has 5 rings (SSSR count). The molecule has 2 aliphatic carbocycles. The lowest BCUT2D eigenvalue weighted by molar-refractivity contribution is -0.127. The molecular weight excluding hydrogens is 428 g/mol. The van der Waals surface area contributed by atoms with Crippen molar-refractivity contribution in [3.05, 3.63) is 30.2 Å². The first-order valence-corrected chi connectivity index (χ1v) is 12.7. The molecule has 1 amide bonds. The zero-order chi connectivity index (χ0) is 23.3. The minimum absolute atomic E-state index is 0.214. The molecule has 0 bridgehead atoms. The Morgan fingerprint density at radius 2 is 1.88 bits per heavy atom. The molecule has 3 heterocycles. The van der Waals surface area contributed by atoms with E-state index in [1.165, 1.54) is 24.8 Å². The molecule has 0 atom stereocenters. The summed E-state index contributed by atoms with van der Waals surface area (Å²) in [6, 6.07) is 2.12. The second-order valence-corrected chi connectivity index (χ2v) is 9.82. The highest BCUT2D eigenvalue weighted by Gasteiger charge is 2.28. The van der Waals surface area contributed by atoms with Crippen LogP contribution in [0.2, 0.25) is 0 Å². The second kappa shape index (κ2) is 10.5. The quantitative estimate of drug-likeness (QED) is 0.462. The van der Waals surface area contributed by atoms with Crippen LogP contribution < -0.4 is 20.9 Å². The Balaban J connectivity index is 1.18. The van der Waals surface area contributed by atoms with Gasteiger partial charge in [0.2, 0.25) is 11.9 Å².